The Morgan fingerprint density at radius 2 is 1.29 bits per heavy atom. The summed E-state index contributed by atoms with van der Waals surface area (Å²) in [4.78, 5) is 10.2. The Balaban J connectivity index is -0.0000000540. The van der Waals surface area contributed by atoms with E-state index in [2.05, 4.69) is 0 Å². The number of hydrogen-bond donors (Lipinski definition) is 1. The van der Waals surface area contributed by atoms with Gasteiger partial charge in [-0.3, -0.25) is 0 Å². The second kappa shape index (κ2) is 15.9. The SMILES string of the molecule is O=C(O)c1ccccc1.[Cl-].[Cl-].[Cl-].[Cl-].[V+4]. The number of carboxylic acids is 1. The van der Waals surface area contributed by atoms with E-state index >= 15 is 0 Å². The zero-order chi connectivity index (χ0) is 6.69. The molecule has 0 aliphatic rings. The maximum absolute atomic E-state index is 10.2. The Morgan fingerprint density at radius 3 is 1.50 bits per heavy atom. The van der Waals surface area contributed by atoms with E-state index < -0.39 is 5.97 Å². The van der Waals surface area contributed by atoms with Crippen LogP contribution in [0.2, 0.25) is 0 Å². The molecule has 0 unspecified atom stereocenters. The fraction of sp³-hybridized carbons (Fsp3) is 0. The van der Waals surface area contributed by atoms with Gasteiger partial charge in [0.05, 0.1) is 5.56 Å². The number of benzene rings is 1. The van der Waals surface area contributed by atoms with Crippen molar-refractivity contribution in [3.05, 3.63) is 35.9 Å². The average Bonchev–Trinajstić information content (AvgIpc) is 1.90. The summed E-state index contributed by atoms with van der Waals surface area (Å²) in [5, 5.41) is 8.38. The summed E-state index contributed by atoms with van der Waals surface area (Å²) in [6.07, 6.45) is 0. The average molecular weight is 315 g/mol. The fourth-order valence-electron chi connectivity index (χ4n) is 0.581. The zero-order valence-corrected chi connectivity index (χ0v) is 11.1. The predicted molar refractivity (Wildman–Crippen MR) is 33.4 cm³/mol. The van der Waals surface area contributed by atoms with E-state index in [-0.39, 0.29) is 68.2 Å². The van der Waals surface area contributed by atoms with Gasteiger partial charge < -0.3 is 54.7 Å². The number of carbonyl (C=O) groups is 1. The van der Waals surface area contributed by atoms with E-state index in [1.807, 2.05) is 0 Å². The van der Waals surface area contributed by atoms with Gasteiger partial charge in [0, 0.05) is 0 Å². The van der Waals surface area contributed by atoms with Gasteiger partial charge in [-0.25, -0.2) is 4.79 Å². The molecule has 2 nitrogen and oxygen atoms in total. The van der Waals surface area contributed by atoms with Crippen molar-refractivity contribution < 1.29 is 78.1 Å². The van der Waals surface area contributed by atoms with Gasteiger partial charge >= 0.3 is 24.5 Å². The third kappa shape index (κ3) is 10.5. The van der Waals surface area contributed by atoms with Crippen molar-refractivity contribution in [3.63, 3.8) is 0 Å². The second-order valence-corrected chi connectivity index (χ2v) is 1.67. The molecule has 0 spiro atoms. The molecule has 0 aliphatic heterocycles. The smallest absolute Gasteiger partial charge is 1.00 e. The molecule has 1 radical (unpaired) electrons. The molecule has 0 fully saturated rings. The van der Waals surface area contributed by atoms with Crippen molar-refractivity contribution >= 4 is 5.97 Å². The van der Waals surface area contributed by atoms with Crippen LogP contribution in [0.1, 0.15) is 10.4 Å². The summed E-state index contributed by atoms with van der Waals surface area (Å²) in [5.74, 6) is -0.879. The van der Waals surface area contributed by atoms with Crippen LogP contribution in [-0.2, 0) is 18.6 Å². The van der Waals surface area contributed by atoms with Gasteiger partial charge in [0.15, 0.2) is 0 Å². The molecule has 0 aromatic heterocycles. The maximum atomic E-state index is 10.2. The van der Waals surface area contributed by atoms with Gasteiger partial charge in [-0.1, -0.05) is 18.2 Å². The minimum Gasteiger partial charge on any atom is -1.00 e. The van der Waals surface area contributed by atoms with Crippen LogP contribution in [0.25, 0.3) is 0 Å². The van der Waals surface area contributed by atoms with Gasteiger partial charge in [-0.2, -0.15) is 0 Å². The monoisotopic (exact) mass is 313 g/mol. The Labute approximate surface area is 119 Å². The molecule has 0 bridgehead atoms. The number of halogens is 4. The standard InChI is InChI=1S/C7H6O2.4ClH.V/c8-7(9)6-4-2-1-3-5-6;;;;;/h1-5H,(H,8,9);4*1H;/q;;;;;+4/p-4. The third-order valence-electron chi connectivity index (χ3n) is 1.02. The molecule has 0 saturated carbocycles. The van der Waals surface area contributed by atoms with Crippen LogP contribution >= 0.6 is 0 Å². The Bertz CT molecular complexity index is 220. The largest absolute Gasteiger partial charge is 4.00 e. The van der Waals surface area contributed by atoms with Crippen molar-refractivity contribution in [3.8, 4) is 0 Å². The Hall–Kier alpha value is 0.434. The molecule has 0 amide bonds. The van der Waals surface area contributed by atoms with E-state index in [4.69, 9.17) is 5.11 Å². The predicted octanol–water partition coefficient (Wildman–Crippen LogP) is -10.6. The van der Waals surface area contributed by atoms with E-state index in [1.165, 1.54) is 0 Å². The van der Waals surface area contributed by atoms with Gasteiger partial charge in [-0.15, -0.1) is 0 Å². The summed E-state index contributed by atoms with van der Waals surface area (Å²) >= 11 is 0. The van der Waals surface area contributed by atoms with Gasteiger partial charge in [0.1, 0.15) is 0 Å². The Morgan fingerprint density at radius 1 is 0.929 bits per heavy atom. The van der Waals surface area contributed by atoms with Crippen LogP contribution in [-0.4, -0.2) is 11.1 Å². The van der Waals surface area contributed by atoms with Crippen molar-refractivity contribution in [2.45, 2.75) is 0 Å². The van der Waals surface area contributed by atoms with Crippen LogP contribution in [0.3, 0.4) is 0 Å². The maximum Gasteiger partial charge on any atom is 4.00 e. The van der Waals surface area contributed by atoms with Crippen molar-refractivity contribution in [1.82, 2.24) is 0 Å². The van der Waals surface area contributed by atoms with Crippen LogP contribution in [0.4, 0.5) is 0 Å². The van der Waals surface area contributed by atoms with Crippen LogP contribution in [0.15, 0.2) is 30.3 Å². The first-order valence-electron chi connectivity index (χ1n) is 2.59. The molecule has 1 aromatic carbocycles. The number of carboxylic acid groups (broad SMARTS) is 1. The van der Waals surface area contributed by atoms with Gasteiger partial charge in [0.2, 0.25) is 0 Å². The van der Waals surface area contributed by atoms with Crippen LogP contribution in [0.5, 0.6) is 0 Å². The minimum absolute atomic E-state index is 0. The molecule has 14 heavy (non-hydrogen) atoms. The molecule has 79 valence electrons. The molecule has 0 atom stereocenters. The normalized spacial score (nSPS) is 5.71. The van der Waals surface area contributed by atoms with Crippen LogP contribution < -0.4 is 49.6 Å². The van der Waals surface area contributed by atoms with Gasteiger partial charge in [-0.05, 0) is 12.1 Å². The summed E-state index contributed by atoms with van der Waals surface area (Å²) in [5.41, 5.74) is 0.331. The molecule has 0 heterocycles. The first kappa shape index (κ1) is 29.3. The first-order valence-corrected chi connectivity index (χ1v) is 2.59. The molecule has 7 heteroatoms. The molecule has 1 rings (SSSR count). The van der Waals surface area contributed by atoms with Crippen molar-refractivity contribution in [1.29, 1.82) is 0 Å². The summed E-state index contributed by atoms with van der Waals surface area (Å²) in [6.45, 7) is 0. The summed E-state index contributed by atoms with van der Waals surface area (Å²) in [7, 11) is 0. The fourth-order valence-corrected chi connectivity index (χ4v) is 0.581. The minimum atomic E-state index is -0.879. The summed E-state index contributed by atoms with van der Waals surface area (Å²) in [6, 6.07) is 8.30. The number of aromatic carboxylic acids is 1. The summed E-state index contributed by atoms with van der Waals surface area (Å²) < 4.78 is 0. The first-order chi connectivity index (χ1) is 4.30. The molecular formula is C7H6Cl4O2V. The molecule has 0 saturated heterocycles. The third-order valence-corrected chi connectivity index (χ3v) is 1.02. The topological polar surface area (TPSA) is 37.3 Å². The van der Waals surface area contributed by atoms with Crippen LogP contribution in [0, 0.1) is 0 Å². The van der Waals surface area contributed by atoms with E-state index in [1.54, 1.807) is 30.3 Å². The second-order valence-electron chi connectivity index (χ2n) is 1.67. The Kier molecular flexibility index (Phi) is 33.2. The molecule has 1 aromatic rings. The van der Waals surface area contributed by atoms with E-state index in [0.29, 0.717) is 5.56 Å². The van der Waals surface area contributed by atoms with Gasteiger partial charge in [0.25, 0.3) is 0 Å². The number of hydrogen-bond acceptors (Lipinski definition) is 1. The quantitative estimate of drug-likeness (QED) is 0.559. The van der Waals surface area contributed by atoms with Crippen molar-refractivity contribution in [2.24, 2.45) is 0 Å². The molecule has 0 aliphatic carbocycles. The van der Waals surface area contributed by atoms with Crippen molar-refractivity contribution in [2.75, 3.05) is 0 Å². The van der Waals surface area contributed by atoms with E-state index in [9.17, 15) is 4.79 Å². The molecule has 1 N–H and O–H groups in total. The van der Waals surface area contributed by atoms with E-state index in [0.717, 1.165) is 0 Å². The number of rotatable bonds is 1. The molecular weight excluding hydrogens is 309 g/mol. The zero-order valence-electron chi connectivity index (χ0n) is 6.70.